The first-order valence-electron chi connectivity index (χ1n) is 2.20. The second-order valence-corrected chi connectivity index (χ2v) is 1.77. The van der Waals surface area contributed by atoms with Crippen LogP contribution in [0.1, 0.15) is 5.82 Å². The Morgan fingerprint density at radius 1 is 1.44 bits per heavy atom. The van der Waals surface area contributed by atoms with Crippen molar-refractivity contribution in [2.24, 2.45) is 0 Å². The molecule has 0 spiro atoms. The summed E-state index contributed by atoms with van der Waals surface area (Å²) in [5, 5.41) is 8.65. The Labute approximate surface area is 56.9 Å². The van der Waals surface area contributed by atoms with Crippen molar-refractivity contribution in [1.29, 1.82) is 5.26 Å². The molecule has 0 aliphatic carbocycles. The maximum atomic E-state index is 8.21. The molecule has 0 aliphatic heterocycles. The molecule has 0 amide bonds. The standard InChI is InChI=1S/C5H2ClN3/c6-4-2-8-5(1-7)9-3-4/h2-3H. The van der Waals surface area contributed by atoms with E-state index in [0.29, 0.717) is 5.02 Å². The summed E-state index contributed by atoms with van der Waals surface area (Å²) in [7, 11) is 0. The molecule has 0 saturated heterocycles. The third-order valence-electron chi connectivity index (χ3n) is 0.720. The van der Waals surface area contributed by atoms with Gasteiger partial charge in [0.15, 0.2) is 0 Å². The Balaban J connectivity index is 3.06. The van der Waals surface area contributed by atoms with Gasteiger partial charge < -0.3 is 0 Å². The molecule has 0 radical (unpaired) electrons. The molecule has 0 atom stereocenters. The first-order valence-corrected chi connectivity index (χ1v) is 2.58. The van der Waals surface area contributed by atoms with Gasteiger partial charge in [0.1, 0.15) is 6.07 Å². The van der Waals surface area contributed by atoms with Gasteiger partial charge in [0.2, 0.25) is 5.82 Å². The van der Waals surface area contributed by atoms with Gasteiger partial charge in [-0.1, -0.05) is 11.6 Å². The highest BCUT2D eigenvalue weighted by Gasteiger charge is 1.89. The van der Waals surface area contributed by atoms with Gasteiger partial charge >= 0.3 is 0 Å². The molecule has 0 aliphatic rings. The lowest BCUT2D eigenvalue weighted by Gasteiger charge is -1.84. The Hall–Kier alpha value is -1.14. The molecule has 1 rings (SSSR count). The first kappa shape index (κ1) is 5.99. The van der Waals surface area contributed by atoms with E-state index in [-0.39, 0.29) is 5.82 Å². The van der Waals surface area contributed by atoms with E-state index in [4.69, 9.17) is 16.9 Å². The summed E-state index contributed by atoms with van der Waals surface area (Å²) < 4.78 is 0. The van der Waals surface area contributed by atoms with Crippen molar-refractivity contribution in [3.63, 3.8) is 0 Å². The zero-order valence-electron chi connectivity index (χ0n) is 4.37. The van der Waals surface area contributed by atoms with Gasteiger partial charge in [-0.3, -0.25) is 0 Å². The molecule has 0 aromatic carbocycles. The van der Waals surface area contributed by atoms with Crippen LogP contribution < -0.4 is 0 Å². The number of halogens is 1. The smallest absolute Gasteiger partial charge is 0.226 e. The van der Waals surface area contributed by atoms with Crippen molar-refractivity contribution in [1.82, 2.24) is 9.97 Å². The molecule has 1 aromatic rings. The zero-order chi connectivity index (χ0) is 6.69. The number of rotatable bonds is 0. The van der Waals surface area contributed by atoms with Crippen molar-refractivity contribution < 1.29 is 0 Å². The van der Waals surface area contributed by atoms with E-state index < -0.39 is 0 Å². The van der Waals surface area contributed by atoms with Gasteiger partial charge in [0.25, 0.3) is 0 Å². The Bertz CT molecular complexity index is 235. The van der Waals surface area contributed by atoms with E-state index in [1.54, 1.807) is 6.07 Å². The normalized spacial score (nSPS) is 8.44. The lowest BCUT2D eigenvalue weighted by atomic mass is 10.6. The van der Waals surface area contributed by atoms with Crippen LogP contribution in [-0.2, 0) is 0 Å². The van der Waals surface area contributed by atoms with Crippen molar-refractivity contribution in [2.75, 3.05) is 0 Å². The van der Waals surface area contributed by atoms with Crippen LogP contribution in [0.25, 0.3) is 0 Å². The van der Waals surface area contributed by atoms with Crippen LogP contribution in [0.4, 0.5) is 0 Å². The summed E-state index contributed by atoms with van der Waals surface area (Å²) in [6.45, 7) is 0. The zero-order valence-corrected chi connectivity index (χ0v) is 5.13. The number of aromatic nitrogens is 2. The number of hydrogen-bond donors (Lipinski definition) is 0. The predicted octanol–water partition coefficient (Wildman–Crippen LogP) is 1.00. The van der Waals surface area contributed by atoms with Crippen LogP contribution in [0.3, 0.4) is 0 Å². The maximum Gasteiger partial charge on any atom is 0.232 e. The van der Waals surface area contributed by atoms with E-state index in [1.165, 1.54) is 12.4 Å². The fraction of sp³-hybridized carbons (Fsp3) is 0. The molecular formula is C5H2ClN3. The molecule has 0 unspecified atom stereocenters. The molecular weight excluding hydrogens is 138 g/mol. The summed E-state index contributed by atoms with van der Waals surface area (Å²) >= 11 is 5.43. The number of nitriles is 1. The quantitative estimate of drug-likeness (QED) is 0.539. The van der Waals surface area contributed by atoms with Crippen LogP contribution in [0, 0.1) is 11.3 Å². The SMILES string of the molecule is N#Cc1ncc(Cl)cn1. The molecule has 1 aromatic heterocycles. The highest BCUT2D eigenvalue weighted by atomic mass is 35.5. The Morgan fingerprint density at radius 3 is 2.44 bits per heavy atom. The highest BCUT2D eigenvalue weighted by molar-refractivity contribution is 6.30. The van der Waals surface area contributed by atoms with Gasteiger partial charge in [0, 0.05) is 0 Å². The number of hydrogen-bond acceptors (Lipinski definition) is 3. The minimum Gasteiger partial charge on any atom is -0.226 e. The van der Waals surface area contributed by atoms with Crippen LogP contribution in [0.5, 0.6) is 0 Å². The molecule has 0 fully saturated rings. The van der Waals surface area contributed by atoms with Crippen LogP contribution in [0.2, 0.25) is 5.02 Å². The highest BCUT2D eigenvalue weighted by Crippen LogP contribution is 2.01. The van der Waals surface area contributed by atoms with Crippen molar-refractivity contribution in [3.05, 3.63) is 23.2 Å². The fourth-order valence-corrected chi connectivity index (χ4v) is 0.468. The molecule has 44 valence electrons. The minimum absolute atomic E-state index is 0.138. The third-order valence-corrected chi connectivity index (χ3v) is 0.916. The summed E-state index contributed by atoms with van der Waals surface area (Å²) in [4.78, 5) is 7.19. The average Bonchev–Trinajstić information content (AvgIpc) is 1.90. The van der Waals surface area contributed by atoms with Gasteiger partial charge in [-0.15, -0.1) is 0 Å². The molecule has 0 bridgehead atoms. The summed E-state index contributed by atoms with van der Waals surface area (Å²) in [5.41, 5.74) is 0. The first-order chi connectivity index (χ1) is 4.33. The summed E-state index contributed by atoms with van der Waals surface area (Å²) in [6, 6.07) is 1.77. The van der Waals surface area contributed by atoms with Crippen molar-refractivity contribution >= 4 is 11.6 Å². The van der Waals surface area contributed by atoms with Gasteiger partial charge in [-0.25, -0.2) is 9.97 Å². The average molecular weight is 140 g/mol. The lowest BCUT2D eigenvalue weighted by molar-refractivity contribution is 1.11. The maximum absolute atomic E-state index is 8.21. The third kappa shape index (κ3) is 1.37. The van der Waals surface area contributed by atoms with Crippen LogP contribution in [-0.4, -0.2) is 9.97 Å². The number of nitrogens with zero attached hydrogens (tertiary/aromatic N) is 3. The van der Waals surface area contributed by atoms with Gasteiger partial charge in [-0.05, 0) is 0 Å². The molecule has 4 heteroatoms. The molecule has 0 saturated carbocycles. The fourth-order valence-electron chi connectivity index (χ4n) is 0.370. The molecule has 1 heterocycles. The lowest BCUT2D eigenvalue weighted by Crippen LogP contribution is -1.84. The second-order valence-electron chi connectivity index (χ2n) is 1.34. The largest absolute Gasteiger partial charge is 0.232 e. The molecule has 3 nitrogen and oxygen atoms in total. The minimum atomic E-state index is 0.138. The summed E-state index contributed by atoms with van der Waals surface area (Å²) in [6.07, 6.45) is 2.76. The topological polar surface area (TPSA) is 49.6 Å². The summed E-state index contributed by atoms with van der Waals surface area (Å²) in [5.74, 6) is 0.138. The van der Waals surface area contributed by atoms with Crippen LogP contribution >= 0.6 is 11.6 Å². The van der Waals surface area contributed by atoms with Crippen LogP contribution in [0.15, 0.2) is 12.4 Å². The monoisotopic (exact) mass is 139 g/mol. The predicted molar refractivity (Wildman–Crippen MR) is 31.8 cm³/mol. The molecule has 9 heavy (non-hydrogen) atoms. The van der Waals surface area contributed by atoms with Crippen molar-refractivity contribution in [3.8, 4) is 6.07 Å². The van der Waals surface area contributed by atoms with E-state index in [9.17, 15) is 0 Å². The molecule has 0 N–H and O–H groups in total. The van der Waals surface area contributed by atoms with E-state index >= 15 is 0 Å². The van der Waals surface area contributed by atoms with Crippen molar-refractivity contribution in [2.45, 2.75) is 0 Å². The van der Waals surface area contributed by atoms with E-state index in [2.05, 4.69) is 9.97 Å². The second kappa shape index (κ2) is 2.42. The Morgan fingerprint density at radius 2 is 2.00 bits per heavy atom. The van der Waals surface area contributed by atoms with E-state index in [1.807, 2.05) is 0 Å². The Kier molecular flexibility index (Phi) is 1.61. The van der Waals surface area contributed by atoms with Gasteiger partial charge in [-0.2, -0.15) is 5.26 Å². The van der Waals surface area contributed by atoms with Gasteiger partial charge in [0.05, 0.1) is 17.4 Å². The van der Waals surface area contributed by atoms with E-state index in [0.717, 1.165) is 0 Å².